The number of halogens is 3. The van der Waals surface area contributed by atoms with Gasteiger partial charge in [-0.1, -0.05) is 18.2 Å². The van der Waals surface area contributed by atoms with Crippen LogP contribution in [0.3, 0.4) is 0 Å². The van der Waals surface area contributed by atoms with E-state index in [2.05, 4.69) is 10.3 Å². The van der Waals surface area contributed by atoms with Gasteiger partial charge in [-0.25, -0.2) is 9.78 Å². The van der Waals surface area contributed by atoms with Crippen LogP contribution in [0.4, 0.5) is 18.9 Å². The lowest BCUT2D eigenvalue weighted by atomic mass is 9.79. The summed E-state index contributed by atoms with van der Waals surface area (Å²) in [6, 6.07) is 6.61. The van der Waals surface area contributed by atoms with Gasteiger partial charge in [0.25, 0.3) is 0 Å². The molecule has 0 spiro atoms. The largest absolute Gasteiger partial charge is 0.478 e. The van der Waals surface area contributed by atoms with Crippen molar-refractivity contribution in [1.29, 1.82) is 0 Å². The molecule has 0 saturated carbocycles. The van der Waals surface area contributed by atoms with Crippen LogP contribution in [0.1, 0.15) is 36.5 Å². The first kappa shape index (κ1) is 22.6. The number of hydrogen-bond donors (Lipinski definition) is 2. The molecule has 2 unspecified atom stereocenters. The second kappa shape index (κ2) is 8.58. The molecule has 0 radical (unpaired) electrons. The Balaban J connectivity index is 2.25. The van der Waals surface area contributed by atoms with E-state index in [1.807, 2.05) is 25.9 Å². The molecule has 31 heavy (non-hydrogen) atoms. The van der Waals surface area contributed by atoms with E-state index in [1.54, 1.807) is 6.07 Å². The number of fused-ring (bicyclic) bond motifs is 1. The van der Waals surface area contributed by atoms with Crippen molar-refractivity contribution in [3.63, 3.8) is 0 Å². The average molecular weight is 435 g/mol. The minimum absolute atomic E-state index is 0.104. The van der Waals surface area contributed by atoms with Gasteiger partial charge in [0.15, 0.2) is 0 Å². The third-order valence-electron chi connectivity index (χ3n) is 5.00. The summed E-state index contributed by atoms with van der Waals surface area (Å²) in [5, 5.41) is 12.9. The van der Waals surface area contributed by atoms with Gasteiger partial charge in [-0.15, -0.1) is 0 Å². The molecule has 2 heterocycles. The Bertz CT molecular complexity index is 1020. The number of pyridine rings is 1. The highest BCUT2D eigenvalue weighted by Gasteiger charge is 2.41. The number of rotatable bonds is 6. The lowest BCUT2D eigenvalue weighted by Gasteiger charge is -2.32. The number of ether oxygens (including phenoxy) is 1. The fourth-order valence-electron chi connectivity index (χ4n) is 3.91. The van der Waals surface area contributed by atoms with Gasteiger partial charge in [0.1, 0.15) is 6.10 Å². The van der Waals surface area contributed by atoms with Gasteiger partial charge in [-0.2, -0.15) is 13.2 Å². The van der Waals surface area contributed by atoms with Crippen molar-refractivity contribution < 1.29 is 27.8 Å². The van der Waals surface area contributed by atoms with Crippen molar-refractivity contribution >= 4 is 11.7 Å². The minimum atomic E-state index is -4.65. The Hall–Kier alpha value is -3.07. The van der Waals surface area contributed by atoms with E-state index >= 15 is 0 Å². The number of aromatic nitrogens is 1. The summed E-state index contributed by atoms with van der Waals surface area (Å²) in [4.78, 5) is 18.3. The standard InChI is InChI=1S/C22H24F3N3O3/c1-12(11-28(3)4)31-20-19-16(9-10-26-20)27-13(2)17(21(29)30)18(19)14-7-5-6-8-15(14)22(23,24)25/h5-10,12,18,27H,11H2,1-4H3,(H,29,30). The molecule has 6 nitrogen and oxygen atoms in total. The second-order valence-corrected chi connectivity index (χ2v) is 7.75. The van der Waals surface area contributed by atoms with Crippen LogP contribution in [0, 0.1) is 0 Å². The quantitative estimate of drug-likeness (QED) is 0.703. The van der Waals surface area contributed by atoms with Crippen LogP contribution in [-0.4, -0.2) is 47.7 Å². The molecule has 0 aliphatic carbocycles. The SMILES string of the molecule is CC1=C(C(=O)O)C(c2ccccc2C(F)(F)F)c2c(ccnc2OC(C)CN(C)C)N1. The van der Waals surface area contributed by atoms with E-state index < -0.39 is 23.6 Å². The summed E-state index contributed by atoms with van der Waals surface area (Å²) in [6.45, 7) is 3.89. The molecule has 0 fully saturated rings. The van der Waals surface area contributed by atoms with E-state index in [1.165, 1.54) is 31.3 Å². The average Bonchev–Trinajstić information content (AvgIpc) is 2.65. The predicted molar refractivity (Wildman–Crippen MR) is 110 cm³/mol. The van der Waals surface area contributed by atoms with Crippen molar-refractivity contribution in [3.8, 4) is 5.88 Å². The first-order valence-corrected chi connectivity index (χ1v) is 9.68. The Morgan fingerprint density at radius 2 is 1.97 bits per heavy atom. The number of hydrogen-bond acceptors (Lipinski definition) is 5. The van der Waals surface area contributed by atoms with E-state index in [0.29, 0.717) is 12.2 Å². The molecule has 1 aromatic heterocycles. The number of nitrogens with one attached hydrogen (secondary N) is 1. The molecular formula is C22H24F3N3O3. The van der Waals surface area contributed by atoms with E-state index in [-0.39, 0.29) is 34.4 Å². The number of carboxylic acid groups (broad SMARTS) is 1. The zero-order chi connectivity index (χ0) is 22.9. The van der Waals surface area contributed by atoms with Crippen molar-refractivity contribution in [2.75, 3.05) is 26.0 Å². The molecule has 0 amide bonds. The maximum atomic E-state index is 13.8. The highest BCUT2D eigenvalue weighted by Crippen LogP contribution is 2.48. The molecular weight excluding hydrogens is 411 g/mol. The zero-order valence-corrected chi connectivity index (χ0v) is 17.6. The smallest absolute Gasteiger partial charge is 0.416 e. The molecule has 2 aromatic rings. The third-order valence-corrected chi connectivity index (χ3v) is 5.00. The summed E-state index contributed by atoms with van der Waals surface area (Å²) in [7, 11) is 3.73. The van der Waals surface area contributed by atoms with Crippen molar-refractivity contribution in [2.24, 2.45) is 0 Å². The van der Waals surface area contributed by atoms with Crippen LogP contribution in [-0.2, 0) is 11.0 Å². The number of carbonyl (C=O) groups is 1. The zero-order valence-electron chi connectivity index (χ0n) is 17.6. The molecule has 3 rings (SSSR count). The van der Waals surface area contributed by atoms with Crippen molar-refractivity contribution in [2.45, 2.75) is 32.0 Å². The minimum Gasteiger partial charge on any atom is -0.478 e. The molecule has 2 N–H and O–H groups in total. The van der Waals surface area contributed by atoms with Gasteiger partial charge in [0.2, 0.25) is 5.88 Å². The maximum Gasteiger partial charge on any atom is 0.416 e. The number of anilines is 1. The number of aliphatic carboxylic acids is 1. The van der Waals surface area contributed by atoms with Crippen LogP contribution < -0.4 is 10.1 Å². The topological polar surface area (TPSA) is 74.7 Å². The molecule has 0 saturated heterocycles. The summed E-state index contributed by atoms with van der Waals surface area (Å²) >= 11 is 0. The highest BCUT2D eigenvalue weighted by molar-refractivity contribution is 5.93. The van der Waals surface area contributed by atoms with Gasteiger partial charge in [0.05, 0.1) is 17.1 Å². The van der Waals surface area contributed by atoms with E-state index in [9.17, 15) is 23.1 Å². The Labute approximate surface area is 178 Å². The maximum absolute atomic E-state index is 13.8. The Morgan fingerprint density at radius 1 is 1.29 bits per heavy atom. The number of nitrogens with zero attached hydrogens (tertiary/aromatic N) is 2. The number of likely N-dealkylation sites (N-methyl/N-ethyl adjacent to an activating group) is 1. The van der Waals surface area contributed by atoms with Crippen LogP contribution in [0.15, 0.2) is 47.8 Å². The fourth-order valence-corrected chi connectivity index (χ4v) is 3.91. The molecule has 1 aliphatic rings. The molecule has 9 heteroatoms. The number of benzene rings is 1. The number of alkyl halides is 3. The Morgan fingerprint density at radius 3 is 2.58 bits per heavy atom. The lowest BCUT2D eigenvalue weighted by Crippen LogP contribution is -2.30. The van der Waals surface area contributed by atoms with E-state index in [4.69, 9.17) is 4.74 Å². The van der Waals surface area contributed by atoms with Gasteiger partial charge in [-0.05, 0) is 45.6 Å². The summed E-state index contributed by atoms with van der Waals surface area (Å²) in [6.07, 6.45) is -3.50. The third kappa shape index (κ3) is 4.66. The number of allylic oxidation sites excluding steroid dienone is 1. The predicted octanol–water partition coefficient (Wildman–Crippen LogP) is 4.35. The van der Waals surface area contributed by atoms with Gasteiger partial charge in [0, 0.05) is 29.7 Å². The normalized spacial score (nSPS) is 17.2. The Kier molecular flexibility index (Phi) is 6.26. The molecule has 166 valence electrons. The van der Waals surface area contributed by atoms with Gasteiger partial charge < -0.3 is 20.1 Å². The molecule has 1 aliphatic heterocycles. The van der Waals surface area contributed by atoms with Crippen LogP contribution in [0.25, 0.3) is 0 Å². The van der Waals surface area contributed by atoms with E-state index in [0.717, 1.165) is 6.07 Å². The monoisotopic (exact) mass is 435 g/mol. The lowest BCUT2D eigenvalue weighted by molar-refractivity contribution is -0.139. The molecule has 0 bridgehead atoms. The van der Waals surface area contributed by atoms with Crippen LogP contribution in [0.2, 0.25) is 0 Å². The molecule has 1 aromatic carbocycles. The van der Waals surface area contributed by atoms with Crippen molar-refractivity contribution in [1.82, 2.24) is 9.88 Å². The highest BCUT2D eigenvalue weighted by atomic mass is 19.4. The first-order chi connectivity index (χ1) is 14.5. The van der Waals surface area contributed by atoms with Crippen LogP contribution in [0.5, 0.6) is 5.88 Å². The summed E-state index contributed by atoms with van der Waals surface area (Å²) in [5.74, 6) is -2.41. The number of carboxylic acids is 1. The fraction of sp³-hybridized carbons (Fsp3) is 0.364. The van der Waals surface area contributed by atoms with Gasteiger partial charge >= 0.3 is 12.1 Å². The summed E-state index contributed by atoms with van der Waals surface area (Å²) < 4.78 is 47.5. The summed E-state index contributed by atoms with van der Waals surface area (Å²) in [5.41, 5.74) is -0.231. The van der Waals surface area contributed by atoms with Crippen LogP contribution >= 0.6 is 0 Å². The first-order valence-electron chi connectivity index (χ1n) is 9.68. The molecule has 2 atom stereocenters. The van der Waals surface area contributed by atoms with Crippen molar-refractivity contribution in [3.05, 3.63) is 64.5 Å². The second-order valence-electron chi connectivity index (χ2n) is 7.75. The van der Waals surface area contributed by atoms with Gasteiger partial charge in [-0.3, -0.25) is 0 Å².